The van der Waals surface area contributed by atoms with Crippen LogP contribution in [0.25, 0.3) is 0 Å². The van der Waals surface area contributed by atoms with Crippen LogP contribution >= 0.6 is 0 Å². The zero-order chi connectivity index (χ0) is 14.4. The third kappa shape index (κ3) is 3.25. The molecule has 0 aliphatic carbocycles. The number of imidazole rings is 1. The van der Waals surface area contributed by atoms with E-state index in [0.717, 1.165) is 5.82 Å². The molecule has 0 aliphatic heterocycles. The van der Waals surface area contributed by atoms with E-state index in [1.165, 1.54) is 0 Å². The Labute approximate surface area is 117 Å². The molecule has 0 atom stereocenters. The van der Waals surface area contributed by atoms with Crippen LogP contribution in [0.5, 0.6) is 0 Å². The predicted molar refractivity (Wildman–Crippen MR) is 74.8 cm³/mol. The minimum Gasteiger partial charge on any atom is -0.384 e. The highest BCUT2D eigenvalue weighted by molar-refractivity contribution is 5.96. The second kappa shape index (κ2) is 6.55. The number of hydrogen-bond acceptors (Lipinski definition) is 3. The van der Waals surface area contributed by atoms with E-state index in [-0.39, 0.29) is 12.5 Å². The first-order chi connectivity index (χ1) is 9.72. The molecule has 1 heterocycles. The van der Waals surface area contributed by atoms with Crippen LogP contribution in [0, 0.1) is 11.8 Å². The zero-order valence-corrected chi connectivity index (χ0v) is 11.1. The van der Waals surface area contributed by atoms with E-state index >= 15 is 0 Å². The lowest BCUT2D eigenvalue weighted by Crippen LogP contribution is -2.25. The summed E-state index contributed by atoms with van der Waals surface area (Å²) in [7, 11) is 1.87. The molecule has 5 heteroatoms. The van der Waals surface area contributed by atoms with Crippen molar-refractivity contribution in [1.29, 1.82) is 0 Å². The number of benzene rings is 1. The van der Waals surface area contributed by atoms with Crippen molar-refractivity contribution in [2.24, 2.45) is 7.05 Å². The molecule has 20 heavy (non-hydrogen) atoms. The summed E-state index contributed by atoms with van der Waals surface area (Å²) >= 11 is 0. The summed E-state index contributed by atoms with van der Waals surface area (Å²) < 4.78 is 1.84. The Morgan fingerprint density at radius 1 is 1.45 bits per heavy atom. The minimum atomic E-state index is -0.233. The summed E-state index contributed by atoms with van der Waals surface area (Å²) in [6.45, 7) is 0.118. The topological polar surface area (TPSA) is 67.2 Å². The zero-order valence-electron chi connectivity index (χ0n) is 11.1. The van der Waals surface area contributed by atoms with Gasteiger partial charge in [-0.3, -0.25) is 4.79 Å². The molecular weight excluding hydrogens is 254 g/mol. The monoisotopic (exact) mass is 269 g/mol. The number of rotatable bonds is 3. The molecule has 1 aromatic carbocycles. The van der Waals surface area contributed by atoms with E-state index in [4.69, 9.17) is 5.11 Å². The molecule has 0 saturated heterocycles. The van der Waals surface area contributed by atoms with E-state index in [2.05, 4.69) is 22.1 Å². The van der Waals surface area contributed by atoms with Crippen molar-refractivity contribution in [3.63, 3.8) is 0 Å². The lowest BCUT2D eigenvalue weighted by molar-refractivity contribution is 0.0949. The molecular formula is C15H15N3O2. The first kappa shape index (κ1) is 13.8. The number of aliphatic hydroxyl groups excluding tert-OH is 1. The van der Waals surface area contributed by atoms with Crippen LogP contribution in [0.1, 0.15) is 21.7 Å². The second-order valence-corrected chi connectivity index (χ2v) is 4.14. The van der Waals surface area contributed by atoms with Crippen LogP contribution in [0.15, 0.2) is 36.7 Å². The first-order valence-electron chi connectivity index (χ1n) is 6.15. The van der Waals surface area contributed by atoms with Crippen molar-refractivity contribution >= 4 is 5.91 Å². The smallest absolute Gasteiger partial charge is 0.252 e. The molecule has 102 valence electrons. The van der Waals surface area contributed by atoms with E-state index in [1.807, 2.05) is 17.8 Å². The summed E-state index contributed by atoms with van der Waals surface area (Å²) in [6, 6.07) is 7.03. The largest absolute Gasteiger partial charge is 0.384 e. The number of aryl methyl sites for hydroxylation is 1. The van der Waals surface area contributed by atoms with Crippen LogP contribution in [-0.2, 0) is 13.6 Å². The Kier molecular flexibility index (Phi) is 4.53. The number of amides is 1. The van der Waals surface area contributed by atoms with Crippen molar-refractivity contribution in [3.8, 4) is 11.8 Å². The van der Waals surface area contributed by atoms with Crippen molar-refractivity contribution in [1.82, 2.24) is 14.9 Å². The van der Waals surface area contributed by atoms with Gasteiger partial charge in [0.1, 0.15) is 12.4 Å². The average Bonchev–Trinajstić information content (AvgIpc) is 2.88. The Morgan fingerprint density at radius 2 is 2.25 bits per heavy atom. The average molecular weight is 269 g/mol. The summed E-state index contributed by atoms with van der Waals surface area (Å²) in [6.07, 6.45) is 3.50. The van der Waals surface area contributed by atoms with Crippen molar-refractivity contribution in [2.75, 3.05) is 6.61 Å². The van der Waals surface area contributed by atoms with Crippen LogP contribution < -0.4 is 5.32 Å². The normalized spacial score (nSPS) is 9.70. The third-order valence-corrected chi connectivity index (χ3v) is 2.80. The Hall–Kier alpha value is -2.58. The fraction of sp³-hybridized carbons (Fsp3) is 0.200. The highest BCUT2D eigenvalue weighted by atomic mass is 16.2. The Balaban J connectivity index is 2.11. The maximum Gasteiger partial charge on any atom is 0.252 e. The fourth-order valence-corrected chi connectivity index (χ4v) is 1.75. The van der Waals surface area contributed by atoms with Crippen LogP contribution in [0.4, 0.5) is 0 Å². The molecule has 0 radical (unpaired) electrons. The quantitative estimate of drug-likeness (QED) is 0.806. The molecule has 0 unspecified atom stereocenters. The van der Waals surface area contributed by atoms with Crippen molar-refractivity contribution in [2.45, 2.75) is 6.54 Å². The van der Waals surface area contributed by atoms with Gasteiger partial charge in [-0.05, 0) is 12.1 Å². The van der Waals surface area contributed by atoms with Gasteiger partial charge >= 0.3 is 0 Å². The van der Waals surface area contributed by atoms with Crippen LogP contribution in [-0.4, -0.2) is 27.2 Å². The predicted octanol–water partition coefficient (Wildman–Crippen LogP) is 0.694. The van der Waals surface area contributed by atoms with Gasteiger partial charge in [-0.25, -0.2) is 4.98 Å². The van der Waals surface area contributed by atoms with Gasteiger partial charge < -0.3 is 15.0 Å². The lowest BCUT2D eigenvalue weighted by Gasteiger charge is -2.07. The first-order valence-corrected chi connectivity index (χ1v) is 6.15. The molecule has 1 amide bonds. The fourth-order valence-electron chi connectivity index (χ4n) is 1.75. The highest BCUT2D eigenvalue weighted by Gasteiger charge is 2.10. The highest BCUT2D eigenvalue weighted by Crippen LogP contribution is 2.07. The SMILES string of the molecule is Cn1ccnc1CNC(=O)c1ccccc1C#CCO. The number of aliphatic hydroxyl groups is 1. The van der Waals surface area contributed by atoms with Gasteiger partial charge in [0.25, 0.3) is 5.91 Å². The van der Waals surface area contributed by atoms with Gasteiger partial charge in [0.15, 0.2) is 0 Å². The third-order valence-electron chi connectivity index (χ3n) is 2.80. The van der Waals surface area contributed by atoms with Gasteiger partial charge in [-0.2, -0.15) is 0 Å². The van der Waals surface area contributed by atoms with Gasteiger partial charge in [-0.15, -0.1) is 0 Å². The number of aromatic nitrogens is 2. The maximum absolute atomic E-state index is 12.2. The molecule has 0 saturated carbocycles. The molecule has 0 bridgehead atoms. The maximum atomic E-state index is 12.2. The van der Waals surface area contributed by atoms with E-state index in [0.29, 0.717) is 17.7 Å². The number of carbonyl (C=O) groups excluding carboxylic acids is 1. The number of carbonyl (C=O) groups is 1. The van der Waals surface area contributed by atoms with Gasteiger partial charge in [-0.1, -0.05) is 24.0 Å². The molecule has 1 aromatic heterocycles. The summed E-state index contributed by atoms with van der Waals surface area (Å²) in [5.74, 6) is 5.88. The molecule has 0 fully saturated rings. The van der Waals surface area contributed by atoms with Gasteiger partial charge in [0.05, 0.1) is 12.1 Å². The lowest BCUT2D eigenvalue weighted by atomic mass is 10.1. The van der Waals surface area contributed by atoms with E-state index in [1.54, 1.807) is 30.5 Å². The van der Waals surface area contributed by atoms with Gasteiger partial charge in [0, 0.05) is 25.0 Å². The Bertz CT molecular complexity index is 665. The van der Waals surface area contributed by atoms with Crippen molar-refractivity contribution < 1.29 is 9.90 Å². The number of nitrogens with one attached hydrogen (secondary N) is 1. The number of nitrogens with zero attached hydrogens (tertiary/aromatic N) is 2. The summed E-state index contributed by atoms with van der Waals surface area (Å²) in [5, 5.41) is 11.5. The Morgan fingerprint density at radius 3 is 2.95 bits per heavy atom. The molecule has 0 aliphatic rings. The van der Waals surface area contributed by atoms with E-state index < -0.39 is 0 Å². The molecule has 0 spiro atoms. The molecule has 5 nitrogen and oxygen atoms in total. The summed E-state index contributed by atoms with van der Waals surface area (Å²) in [5.41, 5.74) is 1.08. The molecule has 2 N–H and O–H groups in total. The second-order valence-electron chi connectivity index (χ2n) is 4.14. The van der Waals surface area contributed by atoms with Crippen LogP contribution in [0.3, 0.4) is 0 Å². The van der Waals surface area contributed by atoms with Crippen molar-refractivity contribution in [3.05, 3.63) is 53.6 Å². The van der Waals surface area contributed by atoms with Gasteiger partial charge in [0.2, 0.25) is 0 Å². The summed E-state index contributed by atoms with van der Waals surface area (Å²) in [4.78, 5) is 16.3. The standard InChI is InChI=1S/C15H15N3O2/c1-18-9-8-16-14(18)11-17-15(20)13-7-3-2-5-12(13)6-4-10-19/h2-3,5,7-9,19H,10-11H2,1H3,(H,17,20). The minimum absolute atomic E-state index is 0.212. The van der Waals surface area contributed by atoms with E-state index in [9.17, 15) is 4.79 Å². The van der Waals surface area contributed by atoms with Crippen LogP contribution in [0.2, 0.25) is 0 Å². The number of hydrogen-bond donors (Lipinski definition) is 2. The molecule has 2 aromatic rings. The molecule has 2 rings (SSSR count).